The zero-order chi connectivity index (χ0) is 15.0. The van der Waals surface area contributed by atoms with Crippen LogP contribution >= 0.6 is 0 Å². The molecule has 2 aromatic carbocycles. The van der Waals surface area contributed by atoms with E-state index in [4.69, 9.17) is 0 Å². The Balaban J connectivity index is 1.87. The van der Waals surface area contributed by atoms with Gasteiger partial charge >= 0.3 is 0 Å². The van der Waals surface area contributed by atoms with Gasteiger partial charge < -0.3 is 4.98 Å². The average Bonchev–Trinajstić information content (AvgIpc) is 2.94. The summed E-state index contributed by atoms with van der Waals surface area (Å²) >= 11 is 0. The summed E-state index contributed by atoms with van der Waals surface area (Å²) in [6.45, 7) is 0. The van der Waals surface area contributed by atoms with Crippen molar-refractivity contribution < 1.29 is 0 Å². The van der Waals surface area contributed by atoms with Crippen molar-refractivity contribution in [2.75, 3.05) is 0 Å². The molecule has 2 unspecified atom stereocenters. The van der Waals surface area contributed by atoms with Crippen molar-refractivity contribution in [1.82, 2.24) is 4.98 Å². The molecule has 0 radical (unpaired) electrons. The Morgan fingerprint density at radius 2 is 1.78 bits per heavy atom. The predicted octanol–water partition coefficient (Wildman–Crippen LogP) is 5.54. The van der Waals surface area contributed by atoms with E-state index >= 15 is 0 Å². The van der Waals surface area contributed by atoms with Crippen molar-refractivity contribution in [3.63, 3.8) is 0 Å². The zero-order valence-corrected chi connectivity index (χ0v) is 12.6. The molecule has 6 rings (SSSR count). The van der Waals surface area contributed by atoms with Gasteiger partial charge in [0.2, 0.25) is 0 Å². The maximum atomic E-state index is 3.64. The maximum absolute atomic E-state index is 3.64. The van der Waals surface area contributed by atoms with Crippen LogP contribution in [0.25, 0.3) is 28.1 Å². The second kappa shape index (κ2) is 3.94. The van der Waals surface area contributed by atoms with E-state index in [-0.39, 0.29) is 0 Å². The molecule has 1 aromatic heterocycles. The lowest BCUT2D eigenvalue weighted by Gasteiger charge is -2.31. The Hall–Kier alpha value is -2.80. The minimum Gasteiger partial charge on any atom is -0.355 e. The fourth-order valence-electron chi connectivity index (χ4n) is 4.68. The number of hydrogen-bond donors (Lipinski definition) is 1. The van der Waals surface area contributed by atoms with Gasteiger partial charge in [0, 0.05) is 28.4 Å². The molecule has 23 heavy (non-hydrogen) atoms. The number of benzene rings is 2. The van der Waals surface area contributed by atoms with Crippen LogP contribution in [0, 0.1) is 0 Å². The van der Waals surface area contributed by atoms with Crippen molar-refractivity contribution in [1.29, 1.82) is 0 Å². The number of allylic oxidation sites excluding steroid dienone is 5. The Morgan fingerprint density at radius 3 is 2.78 bits per heavy atom. The molecule has 0 fully saturated rings. The molecule has 3 aliphatic carbocycles. The van der Waals surface area contributed by atoms with Gasteiger partial charge in [-0.05, 0) is 40.0 Å². The molecule has 1 heteroatoms. The third-order valence-electron chi connectivity index (χ3n) is 5.58. The first-order valence-electron chi connectivity index (χ1n) is 8.22. The quantitative estimate of drug-likeness (QED) is 0.560. The fourth-order valence-corrected chi connectivity index (χ4v) is 4.68. The summed E-state index contributed by atoms with van der Waals surface area (Å²) in [5.41, 5.74) is 9.64. The fraction of sp³-hybridized carbons (Fsp3) is 0.0909. The normalized spacial score (nSPS) is 22.7. The molecule has 3 aliphatic rings. The lowest BCUT2D eigenvalue weighted by molar-refractivity contribution is 0.709. The van der Waals surface area contributed by atoms with E-state index < -0.39 is 0 Å². The molecule has 0 amide bonds. The highest BCUT2D eigenvalue weighted by atomic mass is 14.7. The number of aromatic amines is 1. The van der Waals surface area contributed by atoms with Crippen LogP contribution in [0.2, 0.25) is 0 Å². The highest BCUT2D eigenvalue weighted by Gasteiger charge is 2.37. The number of fused-ring (bicyclic) bond motifs is 3. The van der Waals surface area contributed by atoms with Gasteiger partial charge in [0.1, 0.15) is 0 Å². The van der Waals surface area contributed by atoms with E-state index in [2.05, 4.69) is 77.8 Å². The molecule has 1 nitrogen and oxygen atoms in total. The molecule has 0 saturated heterocycles. The predicted molar refractivity (Wildman–Crippen MR) is 95.5 cm³/mol. The third-order valence-corrected chi connectivity index (χ3v) is 5.58. The van der Waals surface area contributed by atoms with Gasteiger partial charge in [-0.15, -0.1) is 0 Å². The number of hydrogen-bond acceptors (Lipinski definition) is 0. The number of nitrogens with one attached hydrogen (secondary N) is 1. The molecule has 1 heterocycles. The van der Waals surface area contributed by atoms with Gasteiger partial charge in [0.15, 0.2) is 0 Å². The standard InChI is InChI=1S/C22H15N/c1-2-7-15-14(6-1)16-8-3-5-13-11-12-19-22(20(13)16)21-17(15)9-4-10-18(21)23-19/h1-12,16,20,23H. The maximum Gasteiger partial charge on any atom is 0.0468 e. The van der Waals surface area contributed by atoms with E-state index in [0.717, 1.165) is 0 Å². The summed E-state index contributed by atoms with van der Waals surface area (Å²) in [6, 6.07) is 15.6. The van der Waals surface area contributed by atoms with E-state index in [1.165, 1.54) is 44.4 Å². The minimum absolute atomic E-state index is 0.418. The Bertz CT molecular complexity index is 1070. The lowest BCUT2D eigenvalue weighted by atomic mass is 9.72. The van der Waals surface area contributed by atoms with Crippen molar-refractivity contribution in [3.8, 4) is 11.1 Å². The second-order valence-electron chi connectivity index (χ2n) is 6.66. The largest absolute Gasteiger partial charge is 0.355 e. The van der Waals surface area contributed by atoms with Crippen LogP contribution in [0.1, 0.15) is 28.7 Å². The van der Waals surface area contributed by atoms with Gasteiger partial charge in [0.25, 0.3) is 0 Å². The summed E-state index contributed by atoms with van der Waals surface area (Å²) in [7, 11) is 0. The first-order valence-corrected chi connectivity index (χ1v) is 8.22. The van der Waals surface area contributed by atoms with Crippen LogP contribution in [0.4, 0.5) is 0 Å². The van der Waals surface area contributed by atoms with Gasteiger partial charge in [-0.3, -0.25) is 0 Å². The minimum atomic E-state index is 0.418. The monoisotopic (exact) mass is 293 g/mol. The highest BCUT2D eigenvalue weighted by Crippen LogP contribution is 2.54. The molecule has 3 aromatic rings. The van der Waals surface area contributed by atoms with E-state index in [1.54, 1.807) is 0 Å². The van der Waals surface area contributed by atoms with Gasteiger partial charge in [0.05, 0.1) is 0 Å². The summed E-state index contributed by atoms with van der Waals surface area (Å²) in [6.07, 6.45) is 11.4. The molecular formula is C22H15N. The van der Waals surface area contributed by atoms with Crippen molar-refractivity contribution in [2.24, 2.45) is 0 Å². The summed E-state index contributed by atoms with van der Waals surface area (Å²) in [5, 5.41) is 1.41. The van der Waals surface area contributed by atoms with Crippen LogP contribution in [0.15, 0.2) is 72.3 Å². The SMILES string of the molecule is C1=CC2c3ccccc3-c3cccc4[nH]c5c(c34)C2C(=C1)C=C5. The van der Waals surface area contributed by atoms with Gasteiger partial charge in [-0.1, -0.05) is 60.7 Å². The molecule has 108 valence electrons. The van der Waals surface area contributed by atoms with Crippen LogP contribution in [-0.2, 0) is 0 Å². The summed E-state index contributed by atoms with van der Waals surface area (Å²) in [5.74, 6) is 0.847. The van der Waals surface area contributed by atoms with Crippen LogP contribution in [0.3, 0.4) is 0 Å². The van der Waals surface area contributed by atoms with Crippen LogP contribution < -0.4 is 0 Å². The average molecular weight is 293 g/mol. The summed E-state index contributed by atoms with van der Waals surface area (Å²) in [4.78, 5) is 3.64. The Kier molecular flexibility index (Phi) is 2.01. The molecule has 0 saturated carbocycles. The molecule has 0 spiro atoms. The molecule has 1 N–H and O–H groups in total. The lowest BCUT2D eigenvalue weighted by Crippen LogP contribution is -2.15. The molecule has 2 atom stereocenters. The van der Waals surface area contributed by atoms with Crippen LogP contribution in [-0.4, -0.2) is 4.98 Å². The van der Waals surface area contributed by atoms with Crippen LogP contribution in [0.5, 0.6) is 0 Å². The van der Waals surface area contributed by atoms with Crippen molar-refractivity contribution >= 4 is 17.0 Å². The van der Waals surface area contributed by atoms with E-state index in [1.807, 2.05) is 0 Å². The zero-order valence-electron chi connectivity index (χ0n) is 12.6. The first kappa shape index (κ1) is 11.7. The Morgan fingerprint density at radius 1 is 0.870 bits per heavy atom. The number of rotatable bonds is 0. The van der Waals surface area contributed by atoms with Gasteiger partial charge in [-0.2, -0.15) is 0 Å². The second-order valence-corrected chi connectivity index (χ2v) is 6.66. The topological polar surface area (TPSA) is 15.8 Å². The Labute approximate surface area is 134 Å². The smallest absolute Gasteiger partial charge is 0.0468 e. The van der Waals surface area contributed by atoms with Gasteiger partial charge in [-0.25, -0.2) is 0 Å². The van der Waals surface area contributed by atoms with E-state index in [0.29, 0.717) is 11.8 Å². The molecular weight excluding hydrogens is 278 g/mol. The van der Waals surface area contributed by atoms with Crippen molar-refractivity contribution in [3.05, 3.63) is 89.2 Å². The molecule has 0 bridgehead atoms. The number of H-pyrrole nitrogens is 1. The first-order chi connectivity index (χ1) is 11.4. The van der Waals surface area contributed by atoms with Crippen molar-refractivity contribution in [2.45, 2.75) is 11.8 Å². The molecule has 0 aliphatic heterocycles. The van der Waals surface area contributed by atoms with E-state index in [9.17, 15) is 0 Å². The summed E-state index contributed by atoms with van der Waals surface area (Å²) < 4.78 is 0. The third kappa shape index (κ3) is 1.34. The number of aromatic nitrogens is 1. The highest BCUT2D eigenvalue weighted by molar-refractivity contribution is 6.03.